The molecule has 2 heterocycles. The summed E-state index contributed by atoms with van der Waals surface area (Å²) in [7, 11) is 0. The number of rotatable bonds is 9. The van der Waals surface area contributed by atoms with Gasteiger partial charge in [-0.1, -0.05) is 54.2 Å². The largest absolute Gasteiger partial charge is 0.460 e. The maximum atomic E-state index is 9.62. The first-order valence-corrected chi connectivity index (χ1v) is 10.7. The molecule has 4 rings (SSSR count). The molecule has 4 aromatic rings. The van der Waals surface area contributed by atoms with E-state index in [9.17, 15) is 5.11 Å². The second-order valence-electron chi connectivity index (χ2n) is 6.80. The van der Waals surface area contributed by atoms with Crippen LogP contribution in [0.5, 0.6) is 0 Å². The Morgan fingerprint density at radius 3 is 2.63 bits per heavy atom. The SMILES string of the molecule is C[C@H](O)c1ccc(-c2ccc(CNCCSc3nnnn3-c3ccccc3)o2)cc1. The van der Waals surface area contributed by atoms with Crippen molar-refractivity contribution in [1.29, 1.82) is 0 Å². The highest BCUT2D eigenvalue weighted by Crippen LogP contribution is 2.24. The van der Waals surface area contributed by atoms with Crippen LogP contribution in [0.2, 0.25) is 0 Å². The number of aliphatic hydroxyl groups excluding tert-OH is 1. The molecule has 2 aromatic carbocycles. The van der Waals surface area contributed by atoms with E-state index in [1.165, 1.54) is 0 Å². The third-order valence-corrected chi connectivity index (χ3v) is 5.51. The van der Waals surface area contributed by atoms with Gasteiger partial charge >= 0.3 is 0 Å². The average Bonchev–Trinajstić information content (AvgIpc) is 3.44. The van der Waals surface area contributed by atoms with Crippen LogP contribution in [-0.2, 0) is 6.54 Å². The minimum Gasteiger partial charge on any atom is -0.460 e. The lowest BCUT2D eigenvalue weighted by molar-refractivity contribution is 0.199. The summed E-state index contributed by atoms with van der Waals surface area (Å²) in [6.45, 7) is 3.20. The van der Waals surface area contributed by atoms with Crippen molar-refractivity contribution in [3.63, 3.8) is 0 Å². The molecule has 154 valence electrons. The van der Waals surface area contributed by atoms with Gasteiger partial charge in [-0.05, 0) is 47.2 Å². The van der Waals surface area contributed by atoms with E-state index in [1.807, 2.05) is 66.7 Å². The van der Waals surface area contributed by atoms with E-state index in [2.05, 4.69) is 20.8 Å². The molecular formula is C22H23N5O2S. The Bertz CT molecular complexity index is 1060. The number of nitrogens with zero attached hydrogens (tertiary/aromatic N) is 4. The fraction of sp³-hybridized carbons (Fsp3) is 0.227. The van der Waals surface area contributed by atoms with E-state index in [4.69, 9.17) is 4.42 Å². The zero-order valence-corrected chi connectivity index (χ0v) is 17.4. The second kappa shape index (κ2) is 9.71. The summed E-state index contributed by atoms with van der Waals surface area (Å²) in [6.07, 6.45) is -0.467. The molecule has 2 aromatic heterocycles. The number of hydrogen-bond donors (Lipinski definition) is 2. The highest BCUT2D eigenvalue weighted by molar-refractivity contribution is 7.99. The molecule has 0 aliphatic rings. The Kier molecular flexibility index (Phi) is 6.58. The Balaban J connectivity index is 1.25. The van der Waals surface area contributed by atoms with Gasteiger partial charge in [0.2, 0.25) is 5.16 Å². The van der Waals surface area contributed by atoms with Gasteiger partial charge in [-0.2, -0.15) is 4.68 Å². The quantitative estimate of drug-likeness (QED) is 0.313. The Morgan fingerprint density at radius 1 is 1.07 bits per heavy atom. The third-order valence-electron chi connectivity index (χ3n) is 4.59. The minimum atomic E-state index is -0.467. The Labute approximate surface area is 179 Å². The molecule has 0 unspecified atom stereocenters. The normalized spacial score (nSPS) is 12.2. The molecule has 30 heavy (non-hydrogen) atoms. The topological polar surface area (TPSA) is 89.0 Å². The van der Waals surface area contributed by atoms with Crippen molar-refractivity contribution in [2.45, 2.75) is 24.7 Å². The van der Waals surface area contributed by atoms with Crippen molar-refractivity contribution in [3.8, 4) is 17.0 Å². The number of thioether (sulfide) groups is 1. The lowest BCUT2D eigenvalue weighted by atomic mass is 10.1. The van der Waals surface area contributed by atoms with E-state index in [1.54, 1.807) is 23.4 Å². The molecule has 1 atom stereocenters. The van der Waals surface area contributed by atoms with Crippen LogP contribution in [0.3, 0.4) is 0 Å². The van der Waals surface area contributed by atoms with Gasteiger partial charge in [0.1, 0.15) is 11.5 Å². The molecule has 0 bridgehead atoms. The molecule has 0 aliphatic heterocycles. The van der Waals surface area contributed by atoms with Crippen LogP contribution in [0.25, 0.3) is 17.0 Å². The molecule has 2 N–H and O–H groups in total. The average molecular weight is 422 g/mol. The van der Waals surface area contributed by atoms with Crippen molar-refractivity contribution in [3.05, 3.63) is 78.1 Å². The summed E-state index contributed by atoms with van der Waals surface area (Å²) < 4.78 is 7.67. The molecule has 0 saturated heterocycles. The van der Waals surface area contributed by atoms with Crippen LogP contribution in [0.4, 0.5) is 0 Å². The van der Waals surface area contributed by atoms with Gasteiger partial charge in [-0.25, -0.2) is 0 Å². The summed E-state index contributed by atoms with van der Waals surface area (Å²) >= 11 is 1.60. The molecule has 0 fully saturated rings. The van der Waals surface area contributed by atoms with Crippen LogP contribution < -0.4 is 5.32 Å². The summed E-state index contributed by atoms with van der Waals surface area (Å²) in [5.41, 5.74) is 2.83. The molecule has 0 saturated carbocycles. The number of tetrazole rings is 1. The second-order valence-corrected chi connectivity index (χ2v) is 7.86. The highest BCUT2D eigenvalue weighted by atomic mass is 32.2. The number of furan rings is 1. The number of para-hydroxylation sites is 1. The number of benzene rings is 2. The van der Waals surface area contributed by atoms with Gasteiger partial charge < -0.3 is 14.8 Å². The van der Waals surface area contributed by atoms with Gasteiger partial charge in [0, 0.05) is 17.9 Å². The molecule has 0 spiro atoms. The standard InChI is InChI=1S/C22H23N5O2S/c1-16(28)17-7-9-18(10-8-17)21-12-11-20(29-21)15-23-13-14-30-22-24-25-26-27(22)19-5-3-2-4-6-19/h2-12,16,23,28H,13-15H2,1H3/t16-/m0/s1. The van der Waals surface area contributed by atoms with E-state index in [-0.39, 0.29) is 0 Å². The molecule has 0 radical (unpaired) electrons. The van der Waals surface area contributed by atoms with Crippen LogP contribution >= 0.6 is 11.8 Å². The van der Waals surface area contributed by atoms with Crippen LogP contribution in [0.15, 0.2) is 76.3 Å². The van der Waals surface area contributed by atoms with Crippen molar-refractivity contribution in [1.82, 2.24) is 25.5 Å². The van der Waals surface area contributed by atoms with Gasteiger partial charge in [-0.15, -0.1) is 5.10 Å². The summed E-state index contributed by atoms with van der Waals surface area (Å²) in [5.74, 6) is 2.53. The summed E-state index contributed by atoms with van der Waals surface area (Å²) in [6, 6.07) is 21.6. The van der Waals surface area contributed by atoms with E-state index in [0.717, 1.165) is 45.8 Å². The molecular weight excluding hydrogens is 398 g/mol. The van der Waals surface area contributed by atoms with Crippen molar-refractivity contribution >= 4 is 11.8 Å². The van der Waals surface area contributed by atoms with Crippen LogP contribution in [-0.4, -0.2) is 37.6 Å². The summed E-state index contributed by atoms with van der Waals surface area (Å²) in [5, 5.41) is 25.7. The van der Waals surface area contributed by atoms with Gasteiger partial charge in [0.25, 0.3) is 0 Å². The van der Waals surface area contributed by atoms with Gasteiger partial charge in [0.15, 0.2) is 0 Å². The fourth-order valence-electron chi connectivity index (χ4n) is 2.98. The number of aromatic nitrogens is 4. The van der Waals surface area contributed by atoms with Gasteiger partial charge in [-0.3, -0.25) is 0 Å². The lowest BCUT2D eigenvalue weighted by Crippen LogP contribution is -2.16. The van der Waals surface area contributed by atoms with E-state index < -0.39 is 6.10 Å². The smallest absolute Gasteiger partial charge is 0.214 e. The highest BCUT2D eigenvalue weighted by Gasteiger charge is 2.09. The lowest BCUT2D eigenvalue weighted by Gasteiger charge is -2.05. The van der Waals surface area contributed by atoms with Crippen molar-refractivity contribution in [2.24, 2.45) is 0 Å². The minimum absolute atomic E-state index is 0.467. The first kappa shape index (κ1) is 20.3. The van der Waals surface area contributed by atoms with Crippen LogP contribution in [0, 0.1) is 0 Å². The predicted octanol–water partition coefficient (Wildman–Crippen LogP) is 3.86. The van der Waals surface area contributed by atoms with Crippen LogP contribution in [0.1, 0.15) is 24.4 Å². The summed E-state index contributed by atoms with van der Waals surface area (Å²) in [4.78, 5) is 0. The molecule has 0 aliphatic carbocycles. The zero-order chi connectivity index (χ0) is 20.8. The maximum Gasteiger partial charge on any atom is 0.214 e. The first-order valence-electron chi connectivity index (χ1n) is 9.75. The molecule has 8 heteroatoms. The van der Waals surface area contributed by atoms with E-state index >= 15 is 0 Å². The maximum absolute atomic E-state index is 9.62. The Morgan fingerprint density at radius 2 is 1.87 bits per heavy atom. The number of aliphatic hydroxyl groups is 1. The van der Waals surface area contributed by atoms with Crippen molar-refractivity contribution in [2.75, 3.05) is 12.3 Å². The first-order chi connectivity index (χ1) is 14.7. The molecule has 7 nitrogen and oxygen atoms in total. The fourth-order valence-corrected chi connectivity index (χ4v) is 3.77. The zero-order valence-electron chi connectivity index (χ0n) is 16.6. The predicted molar refractivity (Wildman–Crippen MR) is 116 cm³/mol. The third kappa shape index (κ3) is 4.96. The monoisotopic (exact) mass is 421 g/mol. The van der Waals surface area contributed by atoms with E-state index in [0.29, 0.717) is 6.54 Å². The Hall–Kier alpha value is -2.94. The number of nitrogens with one attached hydrogen (secondary N) is 1. The van der Waals surface area contributed by atoms with Crippen molar-refractivity contribution < 1.29 is 9.52 Å². The van der Waals surface area contributed by atoms with Gasteiger partial charge in [0.05, 0.1) is 18.3 Å². The molecule has 0 amide bonds. The number of hydrogen-bond acceptors (Lipinski definition) is 7.